The summed E-state index contributed by atoms with van der Waals surface area (Å²) in [5.74, 6) is 0. The molecule has 3 N–H and O–H groups in total. The van der Waals surface area contributed by atoms with Gasteiger partial charge in [-0.3, -0.25) is 0 Å². The summed E-state index contributed by atoms with van der Waals surface area (Å²) in [6, 6.07) is 0. The quantitative estimate of drug-likeness (QED) is 0.433. The van der Waals surface area contributed by atoms with E-state index in [0.717, 1.165) is 6.42 Å². The van der Waals surface area contributed by atoms with Crippen LogP contribution >= 0.6 is 0 Å². The zero-order valence-corrected chi connectivity index (χ0v) is 6.15. The van der Waals surface area contributed by atoms with Crippen molar-refractivity contribution in [2.45, 2.75) is 6.42 Å². The van der Waals surface area contributed by atoms with E-state index in [1.165, 1.54) is 0 Å². The van der Waals surface area contributed by atoms with E-state index in [1.54, 1.807) is 0 Å². The molecule has 0 atom stereocenters. The zero-order valence-electron chi connectivity index (χ0n) is 4.15. The van der Waals surface area contributed by atoms with E-state index in [9.17, 15) is 0 Å². The Morgan fingerprint density at radius 3 is 2.00 bits per heavy atom. The third kappa shape index (κ3) is 8.87. The Kier molecular flexibility index (Phi) is 15.6. The molecule has 0 aliphatic carbocycles. The summed E-state index contributed by atoms with van der Waals surface area (Å²) in [6.07, 6.45) is 0.722. The minimum Gasteiger partial charge on any atom is -0.396 e. The van der Waals surface area contributed by atoms with Gasteiger partial charge in [-0.2, -0.15) is 0 Å². The van der Waals surface area contributed by atoms with Crippen LogP contribution in [0, 0.1) is 0 Å². The van der Waals surface area contributed by atoms with E-state index >= 15 is 0 Å². The van der Waals surface area contributed by atoms with Crippen molar-refractivity contribution < 1.29 is 5.11 Å². The normalized spacial score (nSPS) is 7.00. The van der Waals surface area contributed by atoms with Gasteiger partial charge < -0.3 is 10.8 Å². The molecule has 0 fully saturated rings. The van der Waals surface area contributed by atoms with Crippen molar-refractivity contribution >= 4 is 29.6 Å². The molecule has 0 aromatic rings. The second-order valence-electron chi connectivity index (χ2n) is 0.866. The molecule has 0 bridgehead atoms. The Labute approximate surface area is 60.0 Å². The van der Waals surface area contributed by atoms with Crippen LogP contribution in [0.4, 0.5) is 0 Å². The fourth-order valence-electron chi connectivity index (χ4n) is 0.0913. The minimum absolute atomic E-state index is 0. The second-order valence-corrected chi connectivity index (χ2v) is 0.866. The molecule has 0 unspecified atom stereocenters. The molecule has 0 rings (SSSR count). The van der Waals surface area contributed by atoms with E-state index in [-0.39, 0.29) is 36.2 Å². The van der Waals surface area contributed by atoms with Crippen LogP contribution in [0.2, 0.25) is 0 Å². The third-order valence-corrected chi connectivity index (χ3v) is 0.362. The Bertz CT molecular complexity index is 18.3. The average Bonchev–Trinajstić information content (AvgIpc) is 1.41. The molecule has 0 aromatic carbocycles. The maximum Gasteiger partial charge on any atom is 0.0443 e. The molecule has 0 aliphatic rings. The van der Waals surface area contributed by atoms with Gasteiger partial charge in [-0.05, 0) is 13.0 Å². The average molecular weight is 98.1 g/mol. The van der Waals surface area contributed by atoms with Gasteiger partial charge >= 0.3 is 0 Å². The summed E-state index contributed by atoms with van der Waals surface area (Å²) < 4.78 is 0. The molecule has 0 saturated carbocycles. The van der Waals surface area contributed by atoms with Crippen molar-refractivity contribution in [3.05, 3.63) is 0 Å². The summed E-state index contributed by atoms with van der Waals surface area (Å²) >= 11 is 0. The number of hydrogen-bond acceptors (Lipinski definition) is 2. The maximum atomic E-state index is 7.99. The first-order chi connectivity index (χ1) is 2.41. The predicted octanol–water partition coefficient (Wildman–Crippen LogP) is -1.05. The Hall–Kier alpha value is 0.920. The molecule has 0 aliphatic heterocycles. The maximum absolute atomic E-state index is 7.99. The Morgan fingerprint density at radius 1 is 1.50 bits per heavy atom. The standard InChI is InChI=1S/C3H9NO.Na/c4-2-1-3-5;/h5H,1-4H2;. The van der Waals surface area contributed by atoms with Gasteiger partial charge in [0.05, 0.1) is 0 Å². The van der Waals surface area contributed by atoms with Crippen molar-refractivity contribution in [1.29, 1.82) is 0 Å². The number of aliphatic hydroxyl groups excluding tert-OH is 1. The van der Waals surface area contributed by atoms with Crippen LogP contribution in [0.25, 0.3) is 0 Å². The molecule has 0 heterocycles. The van der Waals surface area contributed by atoms with E-state index < -0.39 is 0 Å². The first kappa shape index (κ1) is 10.0. The van der Waals surface area contributed by atoms with Crippen molar-refractivity contribution in [2.24, 2.45) is 5.73 Å². The second kappa shape index (κ2) is 9.33. The fourth-order valence-corrected chi connectivity index (χ4v) is 0.0913. The van der Waals surface area contributed by atoms with Crippen LogP contribution in [0.15, 0.2) is 0 Å². The van der Waals surface area contributed by atoms with Crippen LogP contribution in [0.1, 0.15) is 6.42 Å². The van der Waals surface area contributed by atoms with Crippen molar-refractivity contribution in [1.82, 2.24) is 0 Å². The first-order valence-electron chi connectivity index (χ1n) is 1.72. The van der Waals surface area contributed by atoms with Crippen LogP contribution < -0.4 is 5.73 Å². The topological polar surface area (TPSA) is 46.2 Å². The van der Waals surface area contributed by atoms with Crippen LogP contribution in [-0.4, -0.2) is 47.8 Å². The summed E-state index contributed by atoms with van der Waals surface area (Å²) in [5.41, 5.74) is 4.98. The number of hydrogen-bond donors (Lipinski definition) is 2. The fraction of sp³-hybridized carbons (Fsp3) is 1.00. The van der Waals surface area contributed by atoms with E-state index in [1.807, 2.05) is 0 Å². The van der Waals surface area contributed by atoms with Gasteiger partial charge in [0.2, 0.25) is 0 Å². The smallest absolute Gasteiger partial charge is 0.0443 e. The molecule has 0 spiro atoms. The van der Waals surface area contributed by atoms with Crippen molar-refractivity contribution in [3.63, 3.8) is 0 Å². The van der Waals surface area contributed by atoms with Gasteiger partial charge in [-0.15, -0.1) is 0 Å². The van der Waals surface area contributed by atoms with E-state index in [0.29, 0.717) is 6.54 Å². The molecule has 0 saturated heterocycles. The third-order valence-electron chi connectivity index (χ3n) is 0.362. The van der Waals surface area contributed by atoms with Gasteiger partial charge in [0.1, 0.15) is 0 Å². The van der Waals surface area contributed by atoms with Gasteiger partial charge in [0.25, 0.3) is 0 Å². The molecular formula is C3H9NNaO. The Morgan fingerprint density at radius 2 is 2.00 bits per heavy atom. The first-order valence-corrected chi connectivity index (χ1v) is 1.72. The SMILES string of the molecule is NCCCO.[Na]. The molecule has 2 nitrogen and oxygen atoms in total. The summed E-state index contributed by atoms with van der Waals surface area (Å²) in [4.78, 5) is 0. The summed E-state index contributed by atoms with van der Waals surface area (Å²) in [5, 5.41) is 7.99. The number of aliphatic hydroxyl groups is 1. The summed E-state index contributed by atoms with van der Waals surface area (Å²) in [6.45, 7) is 0.812. The van der Waals surface area contributed by atoms with Gasteiger partial charge in [-0.1, -0.05) is 0 Å². The largest absolute Gasteiger partial charge is 0.396 e. The van der Waals surface area contributed by atoms with E-state index in [2.05, 4.69) is 0 Å². The summed E-state index contributed by atoms with van der Waals surface area (Å²) in [7, 11) is 0. The monoisotopic (exact) mass is 98.1 g/mol. The Balaban J connectivity index is 0. The van der Waals surface area contributed by atoms with Crippen LogP contribution in [0.5, 0.6) is 0 Å². The molecule has 1 radical (unpaired) electrons. The zero-order chi connectivity index (χ0) is 4.12. The van der Waals surface area contributed by atoms with Gasteiger partial charge in [0, 0.05) is 36.2 Å². The van der Waals surface area contributed by atoms with Crippen LogP contribution in [-0.2, 0) is 0 Å². The molecular weight excluding hydrogens is 89.0 g/mol. The van der Waals surface area contributed by atoms with Crippen LogP contribution in [0.3, 0.4) is 0 Å². The molecule has 0 aromatic heterocycles. The van der Waals surface area contributed by atoms with Gasteiger partial charge in [-0.25, -0.2) is 0 Å². The van der Waals surface area contributed by atoms with E-state index in [4.69, 9.17) is 10.8 Å². The van der Waals surface area contributed by atoms with Crippen molar-refractivity contribution in [2.75, 3.05) is 13.2 Å². The predicted molar refractivity (Wildman–Crippen MR) is 26.5 cm³/mol. The molecule has 3 heteroatoms. The van der Waals surface area contributed by atoms with Gasteiger partial charge in [0.15, 0.2) is 0 Å². The molecule has 33 valence electrons. The minimum atomic E-state index is 0. The van der Waals surface area contributed by atoms with Crippen molar-refractivity contribution in [3.8, 4) is 0 Å². The molecule has 0 amide bonds. The number of rotatable bonds is 2. The number of nitrogens with two attached hydrogens (primary N) is 1. The molecule has 6 heavy (non-hydrogen) atoms.